The van der Waals surface area contributed by atoms with Crippen LogP contribution in [0.2, 0.25) is 0 Å². The summed E-state index contributed by atoms with van der Waals surface area (Å²) in [5.74, 6) is -0.753. The standard InChI is InChI=1S/C21H28N2O4/c1-21(2,3)23-17(13-8-7-11-15(24)12-13)16-18(27-23)20(26)22(19(16)25)14-9-5-4-6-10-14/h7-8,11-12,14,16-18,24H,4-6,9-10H2,1-3H3. The molecular weight excluding hydrogens is 344 g/mol. The van der Waals surface area contributed by atoms with Crippen molar-refractivity contribution in [3.05, 3.63) is 29.8 Å². The second-order valence-corrected chi connectivity index (χ2v) is 8.93. The highest BCUT2D eigenvalue weighted by atomic mass is 16.7. The highest BCUT2D eigenvalue weighted by Gasteiger charge is 2.62. The molecule has 2 saturated heterocycles. The maximum absolute atomic E-state index is 13.4. The summed E-state index contributed by atoms with van der Waals surface area (Å²) in [5.41, 5.74) is 0.403. The van der Waals surface area contributed by atoms with E-state index in [1.807, 2.05) is 26.8 Å². The molecule has 4 rings (SSSR count). The lowest BCUT2D eigenvalue weighted by Crippen LogP contribution is -2.47. The third-order valence-electron chi connectivity index (χ3n) is 5.96. The van der Waals surface area contributed by atoms with Gasteiger partial charge >= 0.3 is 0 Å². The van der Waals surface area contributed by atoms with Crippen LogP contribution in [0.3, 0.4) is 0 Å². The molecule has 3 unspecified atom stereocenters. The molecule has 6 nitrogen and oxygen atoms in total. The molecule has 3 fully saturated rings. The molecule has 0 radical (unpaired) electrons. The molecule has 0 aromatic heterocycles. The van der Waals surface area contributed by atoms with Crippen LogP contribution in [0.4, 0.5) is 0 Å². The summed E-state index contributed by atoms with van der Waals surface area (Å²) >= 11 is 0. The number of carbonyl (C=O) groups excluding carboxylic acids is 2. The molecule has 6 heteroatoms. The first kappa shape index (κ1) is 18.4. The van der Waals surface area contributed by atoms with Gasteiger partial charge in [0.05, 0.1) is 12.0 Å². The summed E-state index contributed by atoms with van der Waals surface area (Å²) in [6, 6.07) is 6.52. The van der Waals surface area contributed by atoms with Gasteiger partial charge in [0.15, 0.2) is 6.10 Å². The van der Waals surface area contributed by atoms with E-state index in [1.54, 1.807) is 23.3 Å². The van der Waals surface area contributed by atoms with Gasteiger partial charge in [0.1, 0.15) is 5.75 Å². The van der Waals surface area contributed by atoms with Crippen LogP contribution in [0.25, 0.3) is 0 Å². The number of hydrogen-bond donors (Lipinski definition) is 1. The smallest absolute Gasteiger partial charge is 0.261 e. The van der Waals surface area contributed by atoms with Gasteiger partial charge in [-0.3, -0.25) is 19.3 Å². The number of phenols is 1. The number of likely N-dealkylation sites (tertiary alicyclic amines) is 1. The Labute approximate surface area is 160 Å². The van der Waals surface area contributed by atoms with Crippen LogP contribution in [-0.2, 0) is 14.4 Å². The van der Waals surface area contributed by atoms with Gasteiger partial charge in [-0.2, -0.15) is 5.06 Å². The van der Waals surface area contributed by atoms with E-state index in [-0.39, 0.29) is 23.6 Å². The molecule has 3 atom stereocenters. The third kappa shape index (κ3) is 3.05. The lowest BCUT2D eigenvalue weighted by Gasteiger charge is -2.38. The van der Waals surface area contributed by atoms with E-state index in [0.717, 1.165) is 31.2 Å². The number of hydroxylamine groups is 2. The van der Waals surface area contributed by atoms with Gasteiger partial charge in [-0.1, -0.05) is 31.4 Å². The van der Waals surface area contributed by atoms with Crippen LogP contribution in [0.15, 0.2) is 24.3 Å². The van der Waals surface area contributed by atoms with Crippen LogP contribution in [0, 0.1) is 5.92 Å². The topological polar surface area (TPSA) is 70.1 Å². The number of amides is 2. The first-order chi connectivity index (χ1) is 12.8. The molecule has 1 N–H and O–H groups in total. The zero-order valence-electron chi connectivity index (χ0n) is 16.2. The van der Waals surface area contributed by atoms with Crippen molar-refractivity contribution in [2.45, 2.75) is 76.6 Å². The molecule has 0 spiro atoms. The molecule has 1 aromatic rings. The van der Waals surface area contributed by atoms with Crippen molar-refractivity contribution in [1.82, 2.24) is 9.96 Å². The maximum atomic E-state index is 13.4. The second-order valence-electron chi connectivity index (χ2n) is 8.93. The normalized spacial score (nSPS) is 30.2. The number of benzene rings is 1. The SMILES string of the molecule is CC(C)(C)N1OC2C(=O)N(C3CCCCC3)C(=O)C2C1c1cccc(O)c1. The molecule has 1 aromatic carbocycles. The number of hydrogen-bond acceptors (Lipinski definition) is 5. The Morgan fingerprint density at radius 2 is 1.78 bits per heavy atom. The quantitative estimate of drug-likeness (QED) is 0.808. The Bertz CT molecular complexity index is 751. The molecule has 2 amide bonds. The van der Waals surface area contributed by atoms with Crippen molar-refractivity contribution >= 4 is 11.8 Å². The van der Waals surface area contributed by atoms with E-state index < -0.39 is 23.6 Å². The van der Waals surface area contributed by atoms with Crippen LogP contribution in [-0.4, -0.2) is 44.6 Å². The monoisotopic (exact) mass is 372 g/mol. The summed E-state index contributed by atoms with van der Waals surface area (Å²) in [6.45, 7) is 5.99. The minimum absolute atomic E-state index is 0.000799. The Balaban J connectivity index is 1.72. The fourth-order valence-electron chi connectivity index (χ4n) is 4.76. The minimum atomic E-state index is -0.772. The summed E-state index contributed by atoms with van der Waals surface area (Å²) in [5, 5.41) is 11.7. The zero-order valence-corrected chi connectivity index (χ0v) is 16.2. The molecular formula is C21H28N2O4. The van der Waals surface area contributed by atoms with Crippen LogP contribution in [0.1, 0.15) is 64.5 Å². The van der Waals surface area contributed by atoms with Gasteiger partial charge in [-0.05, 0) is 51.3 Å². The Hall–Kier alpha value is -1.92. The summed E-state index contributed by atoms with van der Waals surface area (Å²) in [6.07, 6.45) is 4.28. The van der Waals surface area contributed by atoms with Crippen LogP contribution < -0.4 is 0 Å². The fraction of sp³-hybridized carbons (Fsp3) is 0.619. The summed E-state index contributed by atoms with van der Waals surface area (Å²) < 4.78 is 0. The molecule has 3 aliphatic rings. The summed E-state index contributed by atoms with van der Waals surface area (Å²) in [7, 11) is 0. The first-order valence-electron chi connectivity index (χ1n) is 9.91. The largest absolute Gasteiger partial charge is 0.508 e. The molecule has 1 saturated carbocycles. The number of fused-ring (bicyclic) bond motifs is 1. The number of rotatable bonds is 2. The van der Waals surface area contributed by atoms with Crippen molar-refractivity contribution in [3.63, 3.8) is 0 Å². The van der Waals surface area contributed by atoms with Gasteiger partial charge < -0.3 is 5.11 Å². The lowest BCUT2D eigenvalue weighted by atomic mass is 9.88. The van der Waals surface area contributed by atoms with Gasteiger partial charge in [-0.25, -0.2) is 0 Å². The highest BCUT2D eigenvalue weighted by molar-refractivity contribution is 6.07. The fourth-order valence-corrected chi connectivity index (χ4v) is 4.76. The predicted octanol–water partition coefficient (Wildman–Crippen LogP) is 3.17. The predicted molar refractivity (Wildman–Crippen MR) is 99.5 cm³/mol. The molecule has 27 heavy (non-hydrogen) atoms. The zero-order chi connectivity index (χ0) is 19.3. The van der Waals surface area contributed by atoms with Crippen molar-refractivity contribution in [3.8, 4) is 5.75 Å². The van der Waals surface area contributed by atoms with Crippen molar-refractivity contribution in [2.75, 3.05) is 0 Å². The molecule has 146 valence electrons. The van der Waals surface area contributed by atoms with E-state index in [9.17, 15) is 14.7 Å². The molecule has 2 aliphatic heterocycles. The van der Waals surface area contributed by atoms with Gasteiger partial charge in [-0.15, -0.1) is 0 Å². The van der Waals surface area contributed by atoms with E-state index >= 15 is 0 Å². The summed E-state index contributed by atoms with van der Waals surface area (Å²) in [4.78, 5) is 34.1. The van der Waals surface area contributed by atoms with E-state index in [1.165, 1.54) is 11.3 Å². The van der Waals surface area contributed by atoms with Gasteiger partial charge in [0, 0.05) is 11.6 Å². The van der Waals surface area contributed by atoms with Crippen molar-refractivity contribution in [1.29, 1.82) is 0 Å². The van der Waals surface area contributed by atoms with Crippen molar-refractivity contribution in [2.24, 2.45) is 5.92 Å². The molecule has 1 aliphatic carbocycles. The lowest BCUT2D eigenvalue weighted by molar-refractivity contribution is -0.216. The Morgan fingerprint density at radius 3 is 2.41 bits per heavy atom. The van der Waals surface area contributed by atoms with E-state index in [2.05, 4.69) is 0 Å². The van der Waals surface area contributed by atoms with Gasteiger partial charge in [0.25, 0.3) is 5.91 Å². The second kappa shape index (κ2) is 6.60. The third-order valence-corrected chi connectivity index (χ3v) is 5.96. The Morgan fingerprint density at radius 1 is 1.07 bits per heavy atom. The van der Waals surface area contributed by atoms with E-state index in [4.69, 9.17) is 4.84 Å². The van der Waals surface area contributed by atoms with Gasteiger partial charge in [0.2, 0.25) is 5.91 Å². The van der Waals surface area contributed by atoms with Crippen molar-refractivity contribution < 1.29 is 19.5 Å². The average Bonchev–Trinajstić information content (AvgIpc) is 3.13. The number of phenolic OH excluding ortho intramolecular Hbond substituents is 1. The molecule has 0 bridgehead atoms. The minimum Gasteiger partial charge on any atom is -0.508 e. The van der Waals surface area contributed by atoms with E-state index in [0.29, 0.717) is 0 Å². The van der Waals surface area contributed by atoms with Crippen LogP contribution in [0.5, 0.6) is 5.75 Å². The number of nitrogens with zero attached hydrogens (tertiary/aromatic N) is 2. The average molecular weight is 372 g/mol. The highest BCUT2D eigenvalue weighted by Crippen LogP contribution is 2.49. The number of imide groups is 1. The Kier molecular flexibility index (Phi) is 4.51. The number of carbonyl (C=O) groups is 2. The first-order valence-corrected chi connectivity index (χ1v) is 9.91. The van der Waals surface area contributed by atoms with Crippen LogP contribution >= 0.6 is 0 Å². The number of aromatic hydroxyl groups is 1. The molecule has 2 heterocycles. The maximum Gasteiger partial charge on any atom is 0.261 e.